The van der Waals surface area contributed by atoms with Gasteiger partial charge in [0.1, 0.15) is 0 Å². The predicted molar refractivity (Wildman–Crippen MR) is 30.5 cm³/mol. The van der Waals surface area contributed by atoms with Crippen LogP contribution in [0.25, 0.3) is 0 Å². The van der Waals surface area contributed by atoms with E-state index >= 15 is 0 Å². The summed E-state index contributed by atoms with van der Waals surface area (Å²) in [6, 6.07) is 0. The molecule has 0 atom stereocenters. The molecule has 5 heteroatoms. The van der Waals surface area contributed by atoms with Crippen molar-refractivity contribution in [1.82, 2.24) is 0 Å². The van der Waals surface area contributed by atoms with Gasteiger partial charge in [-0.15, -0.1) is 0 Å². The van der Waals surface area contributed by atoms with Crippen LogP contribution in [0, 0.1) is 0 Å². The van der Waals surface area contributed by atoms with Crippen LogP contribution in [0.3, 0.4) is 0 Å². The Bertz CT molecular complexity index is 69.9. The molecule has 0 radical (unpaired) electrons. The maximum Gasteiger partial charge on any atom is -1.00 e. The van der Waals surface area contributed by atoms with E-state index in [0.29, 0.717) is 5.78 Å². The van der Waals surface area contributed by atoms with Gasteiger partial charge in [0.2, 0.25) is 0 Å². The minimum Gasteiger partial charge on any atom is -1.00 e. The van der Waals surface area contributed by atoms with E-state index in [2.05, 4.69) is 0 Å². The first-order chi connectivity index (χ1) is 3.27. The molecule has 0 aliphatic carbocycles. The van der Waals surface area contributed by atoms with Crippen molar-refractivity contribution in [2.75, 3.05) is 0 Å². The Hall–Kier alpha value is 1.34. The summed E-state index contributed by atoms with van der Waals surface area (Å²) in [6.45, 7) is 1.64. The number of ketones is 1. The molecule has 60 valence electrons. The van der Waals surface area contributed by atoms with Gasteiger partial charge in [-0.2, -0.15) is 0 Å². The van der Waals surface area contributed by atoms with Crippen molar-refractivity contribution in [2.45, 2.75) is 24.2 Å². The van der Waals surface area contributed by atoms with E-state index < -0.39 is 0 Å². The van der Waals surface area contributed by atoms with Crippen LogP contribution in [-0.4, -0.2) is 28.3 Å². The summed E-state index contributed by atoms with van der Waals surface area (Å²) in [5.41, 5.74) is 0. The zero-order chi connectivity index (χ0) is 5.70. The average molecular weight is 310 g/mol. The van der Waals surface area contributed by atoms with Gasteiger partial charge >= 0.3 is 57.3 Å². The van der Waals surface area contributed by atoms with Crippen molar-refractivity contribution in [2.24, 2.45) is 0 Å². The summed E-state index contributed by atoms with van der Waals surface area (Å²) in [6.07, 6.45) is 1.87. The van der Waals surface area contributed by atoms with E-state index in [1.807, 2.05) is 0 Å². The number of Topliss-reactive ketones (excluding diaryl/α,β-unsaturated/α-hetero) is 1. The predicted octanol–water partition coefficient (Wildman–Crippen LogP) is -8.05. The Morgan fingerprint density at radius 1 is 1.30 bits per heavy atom. The molecule has 0 heterocycles. The maximum atomic E-state index is 10.2. The first kappa shape index (κ1) is 22.5. The van der Waals surface area contributed by atoms with Crippen LogP contribution in [0.15, 0.2) is 0 Å². The molecule has 0 aliphatic heterocycles. The molecule has 0 spiro atoms. The van der Waals surface area contributed by atoms with Crippen molar-refractivity contribution in [3.63, 3.8) is 0 Å². The summed E-state index contributed by atoms with van der Waals surface area (Å²) in [5, 5.41) is 0. The van der Waals surface area contributed by atoms with Gasteiger partial charge < -0.3 is 37.2 Å². The van der Waals surface area contributed by atoms with Gasteiger partial charge in [-0.05, 0) is 0 Å². The topological polar surface area (TPSA) is 17.1 Å². The molecule has 0 amide bonds. The molecule has 10 heavy (non-hydrogen) atoms. The molecule has 0 aromatic rings. The fourth-order valence-corrected chi connectivity index (χ4v) is 0.842. The number of hydrogen-bond acceptors (Lipinski definition) is 1. The molecular weight excluding hydrogens is 301 g/mol. The summed E-state index contributed by atoms with van der Waals surface area (Å²) < 4.78 is 1.21. The standard InChI is InChI=1S/C5H9O.3ClH.Sn/c1-3-4-5(2)6;;;;/h1,3-4H2,2H3;3*1H;/q;;;;+3/p-3. The quantitative estimate of drug-likeness (QED) is 0.473. The third-order valence-electron chi connectivity index (χ3n) is 0.706. The van der Waals surface area contributed by atoms with E-state index in [4.69, 9.17) is 0 Å². The van der Waals surface area contributed by atoms with Crippen LogP contribution >= 0.6 is 0 Å². The molecule has 0 fully saturated rings. The van der Waals surface area contributed by atoms with E-state index in [9.17, 15) is 4.79 Å². The smallest absolute Gasteiger partial charge is 1.00 e. The first-order valence-electron chi connectivity index (χ1n) is 2.41. The Balaban J connectivity index is -0.0000000600. The molecule has 0 saturated heterocycles. The van der Waals surface area contributed by atoms with Crippen LogP contribution in [0.2, 0.25) is 4.44 Å². The van der Waals surface area contributed by atoms with E-state index in [1.165, 1.54) is 27.0 Å². The van der Waals surface area contributed by atoms with Crippen LogP contribution in [0.4, 0.5) is 0 Å². The van der Waals surface area contributed by atoms with Crippen molar-refractivity contribution in [3.05, 3.63) is 0 Å². The monoisotopic (exact) mass is 310 g/mol. The third-order valence-corrected chi connectivity index (χ3v) is 1.71. The van der Waals surface area contributed by atoms with E-state index in [0.717, 1.165) is 12.8 Å². The SMILES string of the molecule is CC(=O)CC[CH2][Sn+3].[Cl-].[Cl-].[Cl-]. The van der Waals surface area contributed by atoms with Gasteiger partial charge in [-0.25, -0.2) is 0 Å². The molecule has 0 unspecified atom stereocenters. The Morgan fingerprint density at radius 2 is 1.70 bits per heavy atom. The van der Waals surface area contributed by atoms with Crippen LogP contribution in [-0.2, 0) is 4.79 Å². The van der Waals surface area contributed by atoms with Gasteiger partial charge in [-0.1, -0.05) is 0 Å². The molecule has 0 aliphatic rings. The normalized spacial score (nSPS) is 6.30. The molecular formula is C5H9Cl3OSn. The zero-order valence-electron chi connectivity index (χ0n) is 5.66. The summed E-state index contributed by atoms with van der Waals surface area (Å²) in [4.78, 5) is 10.2. The minimum absolute atomic E-state index is 0. The van der Waals surface area contributed by atoms with Gasteiger partial charge in [0.25, 0.3) is 0 Å². The minimum atomic E-state index is 0. The third kappa shape index (κ3) is 22.8. The molecule has 1 nitrogen and oxygen atoms in total. The van der Waals surface area contributed by atoms with Crippen LogP contribution < -0.4 is 37.2 Å². The van der Waals surface area contributed by atoms with Crippen molar-refractivity contribution in [1.29, 1.82) is 0 Å². The fourth-order valence-electron chi connectivity index (χ4n) is 0.337. The van der Waals surface area contributed by atoms with E-state index in [1.54, 1.807) is 6.92 Å². The zero-order valence-corrected chi connectivity index (χ0v) is 10.8. The Kier molecular flexibility index (Phi) is 37.7. The Labute approximate surface area is 94.0 Å². The molecule has 0 N–H and O–H groups in total. The van der Waals surface area contributed by atoms with E-state index in [-0.39, 0.29) is 37.2 Å². The van der Waals surface area contributed by atoms with Gasteiger partial charge in [0, 0.05) is 0 Å². The number of hydrogen-bond donors (Lipinski definition) is 0. The maximum absolute atomic E-state index is 10.2. The summed E-state index contributed by atoms with van der Waals surface area (Å²) >= 11 is 1.54. The molecule has 0 aromatic heterocycles. The second-order valence-corrected chi connectivity index (χ2v) is 2.98. The van der Waals surface area contributed by atoms with Crippen LogP contribution in [0.1, 0.15) is 19.8 Å². The molecule has 0 bridgehead atoms. The molecule has 0 saturated carbocycles. The average Bonchev–Trinajstić information content (AvgIpc) is 1.61. The second-order valence-electron chi connectivity index (χ2n) is 1.56. The number of halogens is 3. The van der Waals surface area contributed by atoms with Crippen molar-refractivity contribution < 1.29 is 42.0 Å². The Morgan fingerprint density at radius 3 is 1.80 bits per heavy atom. The number of carbonyl (C=O) groups is 1. The first-order valence-corrected chi connectivity index (χ1v) is 4.43. The molecule has 0 rings (SSSR count). The fraction of sp³-hybridized carbons (Fsp3) is 0.800. The van der Waals surface area contributed by atoms with Crippen molar-refractivity contribution in [3.8, 4) is 0 Å². The van der Waals surface area contributed by atoms with Gasteiger partial charge in [0.15, 0.2) is 0 Å². The number of rotatable bonds is 3. The van der Waals surface area contributed by atoms with Gasteiger partial charge in [-0.3, -0.25) is 0 Å². The second kappa shape index (κ2) is 16.7. The molecule has 0 aromatic carbocycles. The van der Waals surface area contributed by atoms with Crippen molar-refractivity contribution >= 4 is 28.3 Å². The number of carbonyl (C=O) groups excluding carboxylic acids is 1. The van der Waals surface area contributed by atoms with Crippen LogP contribution in [0.5, 0.6) is 0 Å². The van der Waals surface area contributed by atoms with Gasteiger partial charge in [0.05, 0.1) is 0 Å². The summed E-state index contributed by atoms with van der Waals surface area (Å²) in [5.74, 6) is 0.322. The largest absolute Gasteiger partial charge is 1.00 e. The summed E-state index contributed by atoms with van der Waals surface area (Å²) in [7, 11) is 0.